The second-order valence-corrected chi connectivity index (χ2v) is 7.30. The molecule has 1 unspecified atom stereocenters. The quantitative estimate of drug-likeness (QED) is 0.797. The van der Waals surface area contributed by atoms with E-state index in [1.807, 2.05) is 24.3 Å². The Labute approximate surface area is 174 Å². The highest BCUT2D eigenvalue weighted by Gasteiger charge is 2.34. The molecule has 160 valence electrons. The molecule has 3 rings (SSSR count). The maximum absolute atomic E-state index is 12.7. The van der Waals surface area contributed by atoms with Gasteiger partial charge in [-0.05, 0) is 31.5 Å². The molecule has 1 N–H and O–H groups in total. The van der Waals surface area contributed by atoms with Gasteiger partial charge < -0.3 is 10.0 Å². The lowest BCUT2D eigenvalue weighted by molar-refractivity contribution is -0.130. The summed E-state index contributed by atoms with van der Waals surface area (Å²) in [7, 11) is 2.72. The van der Waals surface area contributed by atoms with Crippen LogP contribution >= 0.6 is 0 Å². The molecule has 0 radical (unpaired) electrons. The van der Waals surface area contributed by atoms with Crippen LogP contribution < -0.4 is 16.1 Å². The van der Waals surface area contributed by atoms with E-state index in [4.69, 9.17) is 0 Å². The van der Waals surface area contributed by atoms with Crippen LogP contribution in [-0.4, -0.2) is 44.0 Å². The van der Waals surface area contributed by atoms with Gasteiger partial charge in [-0.25, -0.2) is 9.80 Å². The Morgan fingerprint density at radius 1 is 1.13 bits per heavy atom. The van der Waals surface area contributed by atoms with E-state index in [0.717, 1.165) is 33.5 Å². The molecule has 2 aromatic rings. The van der Waals surface area contributed by atoms with Crippen LogP contribution in [0.2, 0.25) is 0 Å². The maximum atomic E-state index is 12.7. The molecule has 1 aliphatic heterocycles. The van der Waals surface area contributed by atoms with E-state index in [9.17, 15) is 19.5 Å². The van der Waals surface area contributed by atoms with Crippen molar-refractivity contribution >= 4 is 17.3 Å². The summed E-state index contributed by atoms with van der Waals surface area (Å²) < 4.78 is 1.91. The number of aromatic nitrogens is 2. The van der Waals surface area contributed by atoms with Gasteiger partial charge >= 0.3 is 5.69 Å². The van der Waals surface area contributed by atoms with E-state index in [2.05, 4.69) is 23.8 Å². The summed E-state index contributed by atoms with van der Waals surface area (Å²) in [4.78, 5) is 39.1. The van der Waals surface area contributed by atoms with Crippen LogP contribution in [-0.2, 0) is 18.9 Å². The molecule has 1 atom stereocenters. The summed E-state index contributed by atoms with van der Waals surface area (Å²) in [5.41, 5.74) is 0.898. The van der Waals surface area contributed by atoms with Crippen LogP contribution in [0.3, 0.4) is 0 Å². The third-order valence-corrected chi connectivity index (χ3v) is 5.56. The number of carbonyl (C=O) groups excluding carboxylic acids is 1. The first-order chi connectivity index (χ1) is 14.2. The molecular formula is C21H27N5O4. The van der Waals surface area contributed by atoms with Gasteiger partial charge in [0.15, 0.2) is 0 Å². The van der Waals surface area contributed by atoms with Crippen LogP contribution in [0.5, 0.6) is 5.88 Å². The topological polar surface area (TPSA) is 100 Å². The number of hydrogen-bond donors (Lipinski definition) is 1. The fourth-order valence-electron chi connectivity index (χ4n) is 3.79. The molecule has 1 aromatic carbocycles. The number of amides is 1. The number of aromatic hydroxyl groups is 1. The number of nitrogens with zero attached hydrogens (tertiary/aromatic N) is 5. The van der Waals surface area contributed by atoms with Gasteiger partial charge in [0.05, 0.1) is 11.8 Å². The zero-order chi connectivity index (χ0) is 22.2. The summed E-state index contributed by atoms with van der Waals surface area (Å²) in [6, 6.07) is 7.50. The predicted octanol–water partition coefficient (Wildman–Crippen LogP) is 1.33. The monoisotopic (exact) mass is 413 g/mol. The number of hydrazone groups is 1. The maximum Gasteiger partial charge on any atom is 0.333 e. The third kappa shape index (κ3) is 3.51. The Morgan fingerprint density at radius 2 is 1.73 bits per heavy atom. The molecule has 9 heteroatoms. The SMILES string of the molecule is CCN(CC)c1ccc(C2CC(c3c(O)n(C)c(=O)n(C)c3=O)=NN2C(C)=O)cc1. The largest absolute Gasteiger partial charge is 0.494 e. The Kier molecular flexibility index (Phi) is 5.82. The summed E-state index contributed by atoms with van der Waals surface area (Å²) in [6.45, 7) is 7.36. The van der Waals surface area contributed by atoms with Crippen LogP contribution in [0.25, 0.3) is 0 Å². The summed E-state index contributed by atoms with van der Waals surface area (Å²) >= 11 is 0. The van der Waals surface area contributed by atoms with Crippen molar-refractivity contribution in [1.82, 2.24) is 14.1 Å². The minimum Gasteiger partial charge on any atom is -0.494 e. The van der Waals surface area contributed by atoms with E-state index in [1.165, 1.54) is 26.0 Å². The minimum atomic E-state index is -0.643. The average molecular weight is 413 g/mol. The van der Waals surface area contributed by atoms with Crippen molar-refractivity contribution < 1.29 is 9.90 Å². The van der Waals surface area contributed by atoms with Crippen molar-refractivity contribution in [2.24, 2.45) is 19.2 Å². The number of carbonyl (C=O) groups is 1. The van der Waals surface area contributed by atoms with Crippen molar-refractivity contribution in [3.8, 4) is 5.88 Å². The van der Waals surface area contributed by atoms with Gasteiger partial charge in [0.1, 0.15) is 5.56 Å². The van der Waals surface area contributed by atoms with E-state index >= 15 is 0 Å². The molecule has 2 heterocycles. The van der Waals surface area contributed by atoms with Crippen LogP contribution in [0.4, 0.5) is 5.69 Å². The highest BCUT2D eigenvalue weighted by molar-refractivity contribution is 6.04. The zero-order valence-electron chi connectivity index (χ0n) is 17.9. The Bertz CT molecular complexity index is 1110. The minimum absolute atomic E-state index is 0.0619. The highest BCUT2D eigenvalue weighted by atomic mass is 16.3. The Morgan fingerprint density at radius 3 is 2.27 bits per heavy atom. The molecule has 9 nitrogen and oxygen atoms in total. The third-order valence-electron chi connectivity index (χ3n) is 5.56. The lowest BCUT2D eigenvalue weighted by atomic mass is 9.98. The number of rotatable bonds is 5. The fourth-order valence-corrected chi connectivity index (χ4v) is 3.79. The summed E-state index contributed by atoms with van der Waals surface area (Å²) in [6.07, 6.45) is 0.255. The number of benzene rings is 1. The molecule has 0 spiro atoms. The normalized spacial score (nSPS) is 16.0. The van der Waals surface area contributed by atoms with Gasteiger partial charge in [0, 0.05) is 46.2 Å². The van der Waals surface area contributed by atoms with Crippen LogP contribution in [0, 0.1) is 0 Å². The van der Waals surface area contributed by atoms with E-state index < -0.39 is 23.2 Å². The lowest BCUT2D eigenvalue weighted by Gasteiger charge is -2.23. The molecule has 0 bridgehead atoms. The van der Waals surface area contributed by atoms with E-state index in [-0.39, 0.29) is 23.6 Å². The Balaban J connectivity index is 2.02. The van der Waals surface area contributed by atoms with Gasteiger partial charge in [-0.2, -0.15) is 5.10 Å². The standard InChI is InChI=1S/C21H27N5O4/c1-6-25(7-2)15-10-8-14(9-11-15)17-12-16(22-26(17)13(3)27)18-19(28)23(4)21(30)24(5)20(18)29/h8-11,17,28H,6-7,12H2,1-5H3. The number of hydrogen-bond acceptors (Lipinski definition) is 6. The molecule has 0 saturated heterocycles. The van der Waals surface area contributed by atoms with E-state index in [1.54, 1.807) is 0 Å². The van der Waals surface area contributed by atoms with Gasteiger partial charge in [0.25, 0.3) is 5.56 Å². The fraction of sp³-hybridized carbons (Fsp3) is 0.429. The first-order valence-electron chi connectivity index (χ1n) is 9.92. The molecular weight excluding hydrogens is 386 g/mol. The van der Waals surface area contributed by atoms with Crippen LogP contribution in [0.1, 0.15) is 44.4 Å². The molecule has 1 amide bonds. The highest BCUT2D eigenvalue weighted by Crippen LogP contribution is 2.34. The average Bonchev–Trinajstić information content (AvgIpc) is 3.18. The van der Waals surface area contributed by atoms with Crippen molar-refractivity contribution in [3.05, 3.63) is 56.2 Å². The molecule has 1 aromatic heterocycles. The molecule has 0 saturated carbocycles. The summed E-state index contributed by atoms with van der Waals surface area (Å²) in [5, 5.41) is 16.1. The van der Waals surface area contributed by atoms with Gasteiger partial charge in [-0.1, -0.05) is 12.1 Å². The van der Waals surface area contributed by atoms with Crippen LogP contribution in [0.15, 0.2) is 39.0 Å². The molecule has 30 heavy (non-hydrogen) atoms. The van der Waals surface area contributed by atoms with Crippen molar-refractivity contribution in [3.63, 3.8) is 0 Å². The second-order valence-electron chi connectivity index (χ2n) is 7.30. The molecule has 0 fully saturated rings. The van der Waals surface area contributed by atoms with Crippen molar-refractivity contribution in [2.75, 3.05) is 18.0 Å². The van der Waals surface area contributed by atoms with Crippen molar-refractivity contribution in [2.45, 2.75) is 33.2 Å². The first kappa shape index (κ1) is 21.4. The predicted molar refractivity (Wildman–Crippen MR) is 115 cm³/mol. The summed E-state index contributed by atoms with van der Waals surface area (Å²) in [5.74, 6) is -0.730. The van der Waals surface area contributed by atoms with Gasteiger partial charge in [-0.3, -0.25) is 18.7 Å². The Hall–Kier alpha value is -3.36. The second kappa shape index (κ2) is 8.17. The van der Waals surface area contributed by atoms with E-state index in [0.29, 0.717) is 0 Å². The van der Waals surface area contributed by atoms with Gasteiger partial charge in [-0.15, -0.1) is 0 Å². The lowest BCUT2D eigenvalue weighted by Crippen LogP contribution is -2.39. The smallest absolute Gasteiger partial charge is 0.333 e. The zero-order valence-corrected chi connectivity index (χ0v) is 17.9. The number of anilines is 1. The first-order valence-corrected chi connectivity index (χ1v) is 9.92. The molecule has 0 aliphatic carbocycles. The molecule has 1 aliphatic rings. The van der Waals surface area contributed by atoms with Crippen molar-refractivity contribution in [1.29, 1.82) is 0 Å². The van der Waals surface area contributed by atoms with Gasteiger partial charge in [0.2, 0.25) is 11.8 Å².